The first-order chi connectivity index (χ1) is 5.52. The molecule has 0 aromatic carbocycles. The second-order valence-corrected chi connectivity index (χ2v) is 3.26. The first-order valence-corrected chi connectivity index (χ1v) is 4.21. The molecule has 0 rings (SSSR count). The molecular formula is C5H7NO4S2. The van der Waals surface area contributed by atoms with Gasteiger partial charge in [-0.2, -0.15) is 0 Å². The fourth-order valence-electron chi connectivity index (χ4n) is 0.292. The summed E-state index contributed by atoms with van der Waals surface area (Å²) >= 11 is 5.39. The minimum atomic E-state index is -0.995. The molecule has 0 aromatic rings. The van der Waals surface area contributed by atoms with Gasteiger partial charge in [0.1, 0.15) is 0 Å². The highest BCUT2D eigenvalue weighted by Crippen LogP contribution is 2.04. The number of carbonyl (C=O) groups is 2. The third-order valence-corrected chi connectivity index (χ3v) is 1.86. The number of hydrogen-bond donors (Lipinski definition) is 2. The average molecular weight is 209 g/mol. The summed E-state index contributed by atoms with van der Waals surface area (Å²) in [5, 5.41) is 8.21. The van der Waals surface area contributed by atoms with E-state index in [4.69, 9.17) is 10.8 Å². The van der Waals surface area contributed by atoms with Gasteiger partial charge >= 0.3 is 5.97 Å². The number of thioether (sulfide) groups is 1. The maximum absolute atomic E-state index is 10.2. The molecule has 3 N–H and O–H groups in total. The van der Waals surface area contributed by atoms with E-state index in [2.05, 4.69) is 17.0 Å². The molecule has 0 aliphatic heterocycles. The molecule has 0 bridgehead atoms. The topological polar surface area (TPSA) is 89.6 Å². The molecule has 68 valence electrons. The van der Waals surface area contributed by atoms with E-state index in [0.717, 1.165) is 11.8 Å². The maximum Gasteiger partial charge on any atom is 0.313 e. The van der Waals surface area contributed by atoms with Gasteiger partial charge in [-0.05, 0) is 12.2 Å². The summed E-state index contributed by atoms with van der Waals surface area (Å²) in [6.07, 6.45) is 0. The van der Waals surface area contributed by atoms with Crippen LogP contribution >= 0.6 is 24.0 Å². The van der Waals surface area contributed by atoms with Crippen molar-refractivity contribution in [1.29, 1.82) is 0 Å². The van der Waals surface area contributed by atoms with E-state index >= 15 is 0 Å². The molecule has 0 atom stereocenters. The van der Waals surface area contributed by atoms with Gasteiger partial charge in [-0.3, -0.25) is 9.59 Å². The number of aliphatic carboxylic acids is 1. The van der Waals surface area contributed by atoms with Crippen LogP contribution in [-0.4, -0.2) is 33.7 Å². The number of carboxylic acids is 1. The summed E-state index contributed by atoms with van der Waals surface area (Å²) in [5.41, 5.74) is 4.75. The highest BCUT2D eigenvalue weighted by atomic mass is 32.2. The lowest BCUT2D eigenvalue weighted by molar-refractivity contribution is -0.133. The van der Waals surface area contributed by atoms with E-state index in [1.54, 1.807) is 0 Å². The van der Waals surface area contributed by atoms with Crippen molar-refractivity contribution in [2.75, 3.05) is 12.4 Å². The molecule has 0 unspecified atom stereocenters. The van der Waals surface area contributed by atoms with Crippen LogP contribution in [0.1, 0.15) is 0 Å². The Morgan fingerprint density at radius 2 is 2.17 bits per heavy atom. The zero-order valence-electron chi connectivity index (χ0n) is 5.98. The van der Waals surface area contributed by atoms with E-state index in [-0.39, 0.29) is 16.7 Å². The van der Waals surface area contributed by atoms with Gasteiger partial charge in [0.2, 0.25) is 4.38 Å². The predicted molar refractivity (Wildman–Crippen MR) is 47.8 cm³/mol. The summed E-state index contributed by atoms with van der Waals surface area (Å²) in [5.74, 6) is -1.82. The Labute approximate surface area is 78.3 Å². The van der Waals surface area contributed by atoms with Crippen LogP contribution in [0.4, 0.5) is 0 Å². The van der Waals surface area contributed by atoms with E-state index in [9.17, 15) is 9.59 Å². The van der Waals surface area contributed by atoms with Crippen LogP contribution in [0.15, 0.2) is 0 Å². The molecule has 0 spiro atoms. The molecule has 5 nitrogen and oxygen atoms in total. The number of carbonyl (C=O) groups excluding carboxylic acids is 1. The van der Waals surface area contributed by atoms with Gasteiger partial charge in [-0.25, -0.2) is 0 Å². The molecule has 0 aliphatic rings. The highest BCUT2D eigenvalue weighted by molar-refractivity contribution is 8.23. The Hall–Kier alpha value is -0.820. The second-order valence-electron chi connectivity index (χ2n) is 1.69. The van der Waals surface area contributed by atoms with Crippen LogP contribution in [0.25, 0.3) is 0 Å². The van der Waals surface area contributed by atoms with Gasteiger partial charge in [0.25, 0.3) is 5.91 Å². The molecule has 0 fully saturated rings. The molecule has 0 aliphatic carbocycles. The van der Waals surface area contributed by atoms with Gasteiger partial charge in [0.15, 0.2) is 6.61 Å². The number of rotatable bonds is 4. The number of hydrogen-bond acceptors (Lipinski definition) is 5. The summed E-state index contributed by atoms with van der Waals surface area (Å²) < 4.78 is 4.62. The predicted octanol–water partition coefficient (Wildman–Crippen LogP) is -0.409. The number of carboxylic acid groups (broad SMARTS) is 1. The van der Waals surface area contributed by atoms with Crippen LogP contribution in [0.5, 0.6) is 0 Å². The number of primary amides is 1. The molecule has 0 saturated heterocycles. The van der Waals surface area contributed by atoms with E-state index < -0.39 is 11.9 Å². The van der Waals surface area contributed by atoms with Crippen LogP contribution in [0.3, 0.4) is 0 Å². The summed E-state index contributed by atoms with van der Waals surface area (Å²) in [7, 11) is 0. The Morgan fingerprint density at radius 1 is 1.58 bits per heavy atom. The molecule has 0 aromatic heterocycles. The molecule has 0 heterocycles. The standard InChI is InChI=1S/C5H7NO4S2/c6-3(7)1-10-5(11)12-2-4(8)9/h1-2H2,(H2,6,7)(H,8,9). The highest BCUT2D eigenvalue weighted by Gasteiger charge is 2.04. The smallest absolute Gasteiger partial charge is 0.313 e. The first kappa shape index (κ1) is 11.2. The largest absolute Gasteiger partial charge is 0.481 e. The van der Waals surface area contributed by atoms with Crippen molar-refractivity contribution >= 4 is 40.2 Å². The maximum atomic E-state index is 10.2. The molecule has 0 radical (unpaired) electrons. The van der Waals surface area contributed by atoms with Crippen molar-refractivity contribution in [2.24, 2.45) is 5.73 Å². The fraction of sp³-hybridized carbons (Fsp3) is 0.400. The van der Waals surface area contributed by atoms with Crippen molar-refractivity contribution in [3.63, 3.8) is 0 Å². The van der Waals surface area contributed by atoms with Crippen LogP contribution in [-0.2, 0) is 14.3 Å². The summed E-state index contributed by atoms with van der Waals surface area (Å²) in [4.78, 5) is 20.2. The zero-order valence-corrected chi connectivity index (χ0v) is 7.61. The minimum Gasteiger partial charge on any atom is -0.481 e. The molecule has 0 saturated carbocycles. The number of ether oxygens (including phenoxy) is 1. The minimum absolute atomic E-state index is 0.0104. The Balaban J connectivity index is 3.47. The molecule has 1 amide bonds. The number of thiocarbonyl (C=S) groups is 1. The Bertz CT molecular complexity index is 186. The Kier molecular flexibility index (Phi) is 5.39. The second kappa shape index (κ2) is 5.78. The van der Waals surface area contributed by atoms with Crippen molar-refractivity contribution < 1.29 is 19.4 Å². The lowest BCUT2D eigenvalue weighted by Crippen LogP contribution is -2.19. The summed E-state index contributed by atoms with van der Waals surface area (Å²) in [6, 6.07) is 0. The zero-order chi connectivity index (χ0) is 9.56. The van der Waals surface area contributed by atoms with Crippen LogP contribution in [0, 0.1) is 0 Å². The normalized spacial score (nSPS) is 9.00. The van der Waals surface area contributed by atoms with Crippen molar-refractivity contribution in [3.05, 3.63) is 0 Å². The number of amides is 1. The third-order valence-electron chi connectivity index (χ3n) is 0.646. The van der Waals surface area contributed by atoms with E-state index in [1.807, 2.05) is 0 Å². The lowest BCUT2D eigenvalue weighted by Gasteiger charge is -2.01. The summed E-state index contributed by atoms with van der Waals surface area (Å²) in [6.45, 7) is -0.314. The van der Waals surface area contributed by atoms with Crippen molar-refractivity contribution in [2.45, 2.75) is 0 Å². The Morgan fingerprint density at radius 3 is 2.58 bits per heavy atom. The quantitative estimate of drug-likeness (QED) is 0.612. The monoisotopic (exact) mass is 209 g/mol. The molecular weight excluding hydrogens is 202 g/mol. The first-order valence-electron chi connectivity index (χ1n) is 2.82. The van der Waals surface area contributed by atoms with E-state index in [1.165, 1.54) is 0 Å². The third kappa shape index (κ3) is 7.29. The van der Waals surface area contributed by atoms with Gasteiger partial charge in [-0.1, -0.05) is 11.8 Å². The lowest BCUT2D eigenvalue weighted by atomic mass is 10.7. The van der Waals surface area contributed by atoms with Crippen molar-refractivity contribution in [3.8, 4) is 0 Å². The van der Waals surface area contributed by atoms with Gasteiger partial charge < -0.3 is 15.6 Å². The van der Waals surface area contributed by atoms with Crippen molar-refractivity contribution in [1.82, 2.24) is 0 Å². The molecule has 7 heteroatoms. The van der Waals surface area contributed by atoms with Gasteiger partial charge in [0, 0.05) is 0 Å². The molecule has 12 heavy (non-hydrogen) atoms. The number of nitrogens with two attached hydrogens (primary N) is 1. The van der Waals surface area contributed by atoms with E-state index in [0.29, 0.717) is 0 Å². The average Bonchev–Trinajstić information content (AvgIpc) is 1.96. The van der Waals surface area contributed by atoms with Crippen LogP contribution in [0.2, 0.25) is 0 Å². The SMILES string of the molecule is NC(=O)COC(=S)SCC(=O)O. The van der Waals surface area contributed by atoms with Gasteiger partial charge in [-0.15, -0.1) is 0 Å². The van der Waals surface area contributed by atoms with Crippen LogP contribution < -0.4 is 5.73 Å². The fourth-order valence-corrected chi connectivity index (χ4v) is 0.912. The van der Waals surface area contributed by atoms with Gasteiger partial charge in [0.05, 0.1) is 5.75 Å².